The van der Waals surface area contributed by atoms with E-state index in [2.05, 4.69) is 47.4 Å². The van der Waals surface area contributed by atoms with E-state index >= 15 is 4.39 Å². The Morgan fingerprint density at radius 1 is 1.14 bits per heavy atom. The monoisotopic (exact) mass is 793 g/mol. The van der Waals surface area contributed by atoms with Crippen LogP contribution in [-0.2, 0) is 18.8 Å². The summed E-state index contributed by atoms with van der Waals surface area (Å²) in [6, 6.07) is 10.5. The Kier molecular flexibility index (Phi) is 9.68. The Bertz CT molecular complexity index is 2400. The van der Waals surface area contributed by atoms with Crippen molar-refractivity contribution in [2.75, 3.05) is 13.7 Å². The normalized spacial score (nSPS) is 20.1. The van der Waals surface area contributed by atoms with Gasteiger partial charge in [0.2, 0.25) is 12.1 Å². The molecule has 2 aromatic carbocycles. The van der Waals surface area contributed by atoms with E-state index in [1.54, 1.807) is 28.5 Å². The summed E-state index contributed by atoms with van der Waals surface area (Å²) in [5.41, 5.74) is 4.81. The molecule has 0 bridgehead atoms. The van der Waals surface area contributed by atoms with Crippen LogP contribution in [0.15, 0.2) is 49.2 Å². The molecule has 298 valence electrons. The number of aryl methyl sites for hydroxylation is 2. The number of halogens is 1. The Balaban J connectivity index is 1.20. The molecule has 2 amide bonds. The van der Waals surface area contributed by atoms with Crippen molar-refractivity contribution < 1.29 is 32.8 Å². The molecule has 11 nitrogen and oxygen atoms in total. The highest BCUT2D eigenvalue weighted by molar-refractivity contribution is 7.12. The van der Waals surface area contributed by atoms with Crippen molar-refractivity contribution in [3.8, 4) is 28.3 Å². The summed E-state index contributed by atoms with van der Waals surface area (Å²) >= 11 is 1.66. The molecule has 2 saturated heterocycles. The molecule has 57 heavy (non-hydrogen) atoms. The van der Waals surface area contributed by atoms with Gasteiger partial charge in [-0.15, -0.1) is 11.3 Å². The number of imidazole rings is 1. The number of fused-ring (bicyclic) bond motifs is 5. The second kappa shape index (κ2) is 14.2. The predicted octanol–water partition coefficient (Wildman–Crippen LogP) is 8.44. The number of rotatable bonds is 8. The van der Waals surface area contributed by atoms with Crippen LogP contribution < -0.4 is 15.5 Å². The molecule has 2 N–H and O–H groups in total. The first-order valence-electron chi connectivity index (χ1n) is 19.5. The van der Waals surface area contributed by atoms with Crippen LogP contribution in [0.1, 0.15) is 93.4 Å². The number of ether oxygens (including phenoxy) is 2. The largest absolute Gasteiger partial charge is 0.494 e. The van der Waals surface area contributed by atoms with Crippen molar-refractivity contribution in [3.63, 3.8) is 0 Å². The highest BCUT2D eigenvalue weighted by atomic mass is 32.1. The highest BCUT2D eigenvalue weighted by Crippen LogP contribution is 2.50. The van der Waals surface area contributed by atoms with Crippen LogP contribution in [0.2, 0.25) is 0 Å². The number of amides is 2. The van der Waals surface area contributed by atoms with Crippen LogP contribution in [-0.4, -0.2) is 69.5 Å². The van der Waals surface area contributed by atoms with Gasteiger partial charge in [-0.1, -0.05) is 38.6 Å². The van der Waals surface area contributed by atoms with Gasteiger partial charge >= 0.3 is 13.2 Å². The molecule has 0 aliphatic carbocycles. The Morgan fingerprint density at radius 2 is 1.88 bits per heavy atom. The second-order valence-corrected chi connectivity index (χ2v) is 17.9. The van der Waals surface area contributed by atoms with Crippen LogP contribution in [0.3, 0.4) is 0 Å². The third kappa shape index (κ3) is 6.46. The van der Waals surface area contributed by atoms with E-state index in [0.29, 0.717) is 47.1 Å². The molecule has 1 unspecified atom stereocenters. The number of alkyl carbamates (subject to hydrolysis) is 1. The highest BCUT2D eigenvalue weighted by Gasteiger charge is 2.52. The predicted molar refractivity (Wildman–Crippen MR) is 221 cm³/mol. The van der Waals surface area contributed by atoms with E-state index < -0.39 is 42.5 Å². The Hall–Kier alpha value is -4.92. The molecular formula is C43H49BFN5O6S. The SMILES string of the molecule is C=Cc1c2n(c3ccc(B4OC(C)(C)C(C)(C)O4)cc13)C(c1cc(C)c(C)s1)Oc1cc(-c3cnc([C@@H]4CCCN4C(=O)[C@H](NC(=O)OC)C(C)C)[nH]3)cc(F)c1-2. The van der Waals surface area contributed by atoms with E-state index in [9.17, 15) is 9.59 Å². The molecule has 14 heteroatoms. The number of carbonyl (C=O) groups excluding carboxylic acids is 2. The second-order valence-electron chi connectivity index (χ2n) is 16.6. The molecule has 3 aromatic heterocycles. The zero-order chi connectivity index (χ0) is 40.7. The molecule has 3 atom stereocenters. The minimum absolute atomic E-state index is 0.160. The molecule has 6 heterocycles. The average molecular weight is 794 g/mol. The topological polar surface area (TPSA) is 120 Å². The van der Waals surface area contributed by atoms with Gasteiger partial charge in [0.05, 0.1) is 57.9 Å². The van der Waals surface area contributed by atoms with Crippen LogP contribution in [0.5, 0.6) is 5.75 Å². The van der Waals surface area contributed by atoms with Crippen LogP contribution >= 0.6 is 11.3 Å². The lowest BCUT2D eigenvalue weighted by Gasteiger charge is -2.32. The van der Waals surface area contributed by atoms with Crippen molar-refractivity contribution in [2.24, 2.45) is 5.92 Å². The first-order chi connectivity index (χ1) is 27.0. The zero-order valence-electron chi connectivity index (χ0n) is 33.9. The van der Waals surface area contributed by atoms with Gasteiger partial charge in [0.1, 0.15) is 23.4 Å². The smallest absolute Gasteiger partial charge is 0.464 e. The number of thiophene rings is 1. The number of nitrogens with one attached hydrogen (secondary N) is 2. The maximum atomic E-state index is 16.9. The molecule has 0 saturated carbocycles. The fourth-order valence-corrected chi connectivity index (χ4v) is 9.24. The quantitative estimate of drug-likeness (QED) is 0.151. The lowest BCUT2D eigenvalue weighted by molar-refractivity contribution is -0.135. The van der Waals surface area contributed by atoms with Crippen LogP contribution in [0.25, 0.3) is 39.5 Å². The third-order valence-electron chi connectivity index (χ3n) is 12.1. The number of hydrogen-bond acceptors (Lipinski definition) is 8. The minimum Gasteiger partial charge on any atom is -0.464 e. The summed E-state index contributed by atoms with van der Waals surface area (Å²) in [5.74, 6) is 0.160. The zero-order valence-corrected chi connectivity index (χ0v) is 34.7. The fraction of sp³-hybridized carbons (Fsp3) is 0.419. The number of aromatic amines is 1. The first kappa shape index (κ1) is 38.9. The van der Waals surface area contributed by atoms with Crippen LogP contribution in [0, 0.1) is 25.6 Å². The number of aromatic nitrogens is 3. The lowest BCUT2D eigenvalue weighted by atomic mass is 9.78. The average Bonchev–Trinajstić information content (AvgIpc) is 3.99. The van der Waals surface area contributed by atoms with Crippen molar-refractivity contribution in [1.82, 2.24) is 24.8 Å². The van der Waals surface area contributed by atoms with E-state index in [4.69, 9.17) is 23.8 Å². The summed E-state index contributed by atoms with van der Waals surface area (Å²) in [4.78, 5) is 37.8. The molecule has 3 aliphatic rings. The number of methoxy groups -OCH3 is 1. The first-order valence-corrected chi connectivity index (χ1v) is 20.3. The molecule has 0 radical (unpaired) electrons. The number of benzene rings is 2. The Labute approximate surface area is 336 Å². The summed E-state index contributed by atoms with van der Waals surface area (Å²) in [6.07, 6.45) is 3.68. The van der Waals surface area contributed by atoms with E-state index in [1.165, 1.54) is 18.1 Å². The van der Waals surface area contributed by atoms with Gasteiger partial charge in [-0.25, -0.2) is 14.2 Å². The lowest BCUT2D eigenvalue weighted by Crippen LogP contribution is -2.51. The molecule has 2 fully saturated rings. The number of likely N-dealkylation sites (tertiary alicyclic amines) is 1. The van der Waals surface area contributed by atoms with E-state index in [1.807, 2.05) is 59.7 Å². The minimum atomic E-state index is -0.755. The van der Waals surface area contributed by atoms with Gasteiger partial charge in [0.15, 0.2) is 0 Å². The van der Waals surface area contributed by atoms with Crippen molar-refractivity contribution >= 4 is 52.9 Å². The fourth-order valence-electron chi connectivity index (χ4n) is 8.18. The van der Waals surface area contributed by atoms with E-state index in [0.717, 1.165) is 38.8 Å². The maximum absolute atomic E-state index is 16.9. The molecule has 5 aromatic rings. The standard InChI is InChI=1S/C43H49BFN5O6S/c1-11-27-28-20-26(44-55-42(6,7)43(8,9)56-44)14-15-31(28)50-37(27)35-29(45)18-25(19-33(35)54-40(50)34-17-23(4)24(5)57-34)30-21-46-38(47-30)32-13-12-16-49(32)39(51)36(22(2)3)48-41(52)53-10/h11,14-15,17-22,32,36,40H,1,12-13,16H2,2-10H3,(H,46,47)(H,48,52)/t32-,36+,40?/m0/s1. The van der Waals surface area contributed by atoms with Gasteiger partial charge in [-0.05, 0) is 95.6 Å². The van der Waals surface area contributed by atoms with E-state index in [-0.39, 0.29) is 17.9 Å². The summed E-state index contributed by atoms with van der Waals surface area (Å²) in [5, 5.41) is 3.58. The van der Waals surface area contributed by atoms with Gasteiger partial charge in [-0.2, -0.15) is 0 Å². The summed E-state index contributed by atoms with van der Waals surface area (Å²) in [6.45, 7) is 20.8. The van der Waals surface area contributed by atoms with Crippen LogP contribution in [0.4, 0.5) is 9.18 Å². The Morgan fingerprint density at radius 3 is 2.53 bits per heavy atom. The van der Waals surface area contributed by atoms with Gasteiger partial charge in [-0.3, -0.25) is 9.36 Å². The molecule has 3 aliphatic heterocycles. The number of carbonyl (C=O) groups is 2. The van der Waals surface area contributed by atoms with Crippen molar-refractivity contribution in [1.29, 1.82) is 0 Å². The van der Waals surface area contributed by atoms with Gasteiger partial charge in [0, 0.05) is 27.9 Å². The molecule has 0 spiro atoms. The number of hydrogen-bond donors (Lipinski definition) is 2. The molecular weight excluding hydrogens is 744 g/mol. The summed E-state index contributed by atoms with van der Waals surface area (Å²) in [7, 11) is 0.702. The summed E-state index contributed by atoms with van der Waals surface area (Å²) < 4.78 is 43.5. The van der Waals surface area contributed by atoms with Crippen molar-refractivity contribution in [3.05, 3.63) is 81.7 Å². The third-order valence-corrected chi connectivity index (χ3v) is 13.3. The van der Waals surface area contributed by atoms with Gasteiger partial charge in [0.25, 0.3) is 0 Å². The number of nitrogens with zero attached hydrogens (tertiary/aromatic N) is 3. The molecule has 8 rings (SSSR count). The number of H-pyrrole nitrogens is 1. The van der Waals surface area contributed by atoms with Crippen molar-refractivity contribution in [2.45, 2.75) is 97.7 Å². The van der Waals surface area contributed by atoms with Gasteiger partial charge < -0.3 is 34.0 Å². The maximum Gasteiger partial charge on any atom is 0.494 e.